The van der Waals surface area contributed by atoms with Crippen LogP contribution in [0.1, 0.15) is 18.2 Å². The number of aromatic nitrogens is 3. The van der Waals surface area contributed by atoms with Gasteiger partial charge in [-0.25, -0.2) is 9.97 Å². The molecule has 0 bridgehead atoms. The molecule has 0 radical (unpaired) electrons. The Morgan fingerprint density at radius 3 is 2.74 bits per heavy atom. The number of aryl methyl sites for hydroxylation is 1. The number of nitrogens with one attached hydrogen (secondary N) is 1. The second-order valence-electron chi connectivity index (χ2n) is 4.25. The first kappa shape index (κ1) is 13.4. The van der Waals surface area contributed by atoms with Gasteiger partial charge in [0.25, 0.3) is 0 Å². The molecule has 0 unspecified atom stereocenters. The molecule has 0 saturated heterocycles. The first-order chi connectivity index (χ1) is 9.22. The Balaban J connectivity index is 2.40. The molecular formula is C14H18N4O. The Bertz CT molecular complexity index is 515. The van der Waals surface area contributed by atoms with Gasteiger partial charge in [-0.2, -0.15) is 0 Å². The van der Waals surface area contributed by atoms with Crippen LogP contribution in [0.25, 0.3) is 11.5 Å². The molecule has 2 heterocycles. The molecule has 0 aliphatic carbocycles. The van der Waals surface area contributed by atoms with E-state index in [2.05, 4.69) is 20.3 Å². The van der Waals surface area contributed by atoms with Gasteiger partial charge in [0, 0.05) is 25.9 Å². The standard InChI is InChI=1S/C14H18N4O/c1-4-15-13-7-11(9-19-3)17-14(18-13)12-6-5-10(2)8-16-12/h5-8H,4,9H2,1-3H3,(H,15,17,18). The summed E-state index contributed by atoms with van der Waals surface area (Å²) in [5.41, 5.74) is 2.72. The zero-order chi connectivity index (χ0) is 13.7. The molecule has 0 atom stereocenters. The highest BCUT2D eigenvalue weighted by Gasteiger charge is 2.07. The van der Waals surface area contributed by atoms with Crippen molar-refractivity contribution in [1.82, 2.24) is 15.0 Å². The van der Waals surface area contributed by atoms with Gasteiger partial charge in [0.1, 0.15) is 11.5 Å². The highest BCUT2D eigenvalue weighted by molar-refractivity contribution is 5.53. The molecule has 19 heavy (non-hydrogen) atoms. The minimum Gasteiger partial charge on any atom is -0.378 e. The van der Waals surface area contributed by atoms with Crippen molar-refractivity contribution in [2.24, 2.45) is 0 Å². The first-order valence-electron chi connectivity index (χ1n) is 6.26. The lowest BCUT2D eigenvalue weighted by Gasteiger charge is -2.08. The number of hydrogen-bond donors (Lipinski definition) is 1. The molecule has 0 aromatic carbocycles. The fraction of sp³-hybridized carbons (Fsp3) is 0.357. The minimum atomic E-state index is 0.458. The van der Waals surface area contributed by atoms with Crippen molar-refractivity contribution in [2.45, 2.75) is 20.5 Å². The van der Waals surface area contributed by atoms with Crippen LogP contribution in [0.5, 0.6) is 0 Å². The van der Waals surface area contributed by atoms with Crippen LogP contribution >= 0.6 is 0 Å². The third-order valence-corrected chi connectivity index (χ3v) is 2.57. The zero-order valence-electron chi connectivity index (χ0n) is 11.5. The van der Waals surface area contributed by atoms with E-state index < -0.39 is 0 Å². The van der Waals surface area contributed by atoms with Crippen molar-refractivity contribution in [2.75, 3.05) is 19.0 Å². The molecular weight excluding hydrogens is 240 g/mol. The normalized spacial score (nSPS) is 10.5. The highest BCUT2D eigenvalue weighted by Crippen LogP contribution is 2.16. The van der Waals surface area contributed by atoms with E-state index in [0.29, 0.717) is 12.4 Å². The smallest absolute Gasteiger partial charge is 0.180 e. The maximum atomic E-state index is 5.13. The Hall–Kier alpha value is -2.01. The van der Waals surface area contributed by atoms with Gasteiger partial charge in [-0.15, -0.1) is 0 Å². The molecule has 0 amide bonds. The molecule has 0 saturated carbocycles. The molecule has 2 rings (SSSR count). The number of nitrogens with zero attached hydrogens (tertiary/aromatic N) is 3. The molecule has 2 aromatic rings. The van der Waals surface area contributed by atoms with Crippen molar-refractivity contribution in [3.05, 3.63) is 35.7 Å². The third kappa shape index (κ3) is 3.48. The minimum absolute atomic E-state index is 0.458. The number of ether oxygens (including phenoxy) is 1. The molecule has 0 aliphatic rings. The van der Waals surface area contributed by atoms with Gasteiger partial charge in [-0.1, -0.05) is 6.07 Å². The van der Waals surface area contributed by atoms with E-state index in [1.807, 2.05) is 38.2 Å². The molecule has 0 fully saturated rings. The Kier molecular flexibility index (Phi) is 4.41. The summed E-state index contributed by atoms with van der Waals surface area (Å²) in [4.78, 5) is 13.3. The number of hydrogen-bond acceptors (Lipinski definition) is 5. The monoisotopic (exact) mass is 258 g/mol. The molecule has 2 aromatic heterocycles. The SMILES string of the molecule is CCNc1cc(COC)nc(-c2ccc(C)cn2)n1. The molecule has 0 spiro atoms. The third-order valence-electron chi connectivity index (χ3n) is 2.57. The quantitative estimate of drug-likeness (QED) is 0.892. The summed E-state index contributed by atoms with van der Waals surface area (Å²) in [6.07, 6.45) is 1.81. The molecule has 5 heteroatoms. The van der Waals surface area contributed by atoms with E-state index in [0.717, 1.165) is 29.3 Å². The first-order valence-corrected chi connectivity index (χ1v) is 6.26. The average molecular weight is 258 g/mol. The van der Waals surface area contributed by atoms with Crippen LogP contribution in [0, 0.1) is 6.92 Å². The largest absolute Gasteiger partial charge is 0.378 e. The molecule has 100 valence electrons. The summed E-state index contributed by atoms with van der Waals surface area (Å²) in [6.45, 7) is 5.30. The van der Waals surface area contributed by atoms with Crippen molar-refractivity contribution in [1.29, 1.82) is 0 Å². The summed E-state index contributed by atoms with van der Waals surface area (Å²) >= 11 is 0. The van der Waals surface area contributed by atoms with E-state index in [1.165, 1.54) is 0 Å². The van der Waals surface area contributed by atoms with Gasteiger partial charge < -0.3 is 10.1 Å². The van der Waals surface area contributed by atoms with Gasteiger partial charge in [0.15, 0.2) is 5.82 Å². The molecule has 1 N–H and O–H groups in total. The van der Waals surface area contributed by atoms with Gasteiger partial charge >= 0.3 is 0 Å². The van der Waals surface area contributed by atoms with E-state index in [1.54, 1.807) is 7.11 Å². The summed E-state index contributed by atoms with van der Waals surface area (Å²) in [6, 6.07) is 5.82. The average Bonchev–Trinajstić information content (AvgIpc) is 2.40. The van der Waals surface area contributed by atoms with Crippen LogP contribution in [-0.2, 0) is 11.3 Å². The van der Waals surface area contributed by atoms with Crippen molar-refractivity contribution >= 4 is 5.82 Å². The molecule has 5 nitrogen and oxygen atoms in total. The van der Waals surface area contributed by atoms with Crippen molar-refractivity contribution in [3.63, 3.8) is 0 Å². The lowest BCUT2D eigenvalue weighted by Crippen LogP contribution is -2.05. The number of anilines is 1. The van der Waals surface area contributed by atoms with Crippen LogP contribution in [0.15, 0.2) is 24.4 Å². The van der Waals surface area contributed by atoms with Gasteiger partial charge in [0.05, 0.1) is 12.3 Å². The number of methoxy groups -OCH3 is 1. The zero-order valence-corrected chi connectivity index (χ0v) is 11.5. The van der Waals surface area contributed by atoms with Crippen LogP contribution in [-0.4, -0.2) is 28.6 Å². The molecule has 0 aliphatic heterocycles. The topological polar surface area (TPSA) is 59.9 Å². The van der Waals surface area contributed by atoms with E-state index >= 15 is 0 Å². The highest BCUT2D eigenvalue weighted by atomic mass is 16.5. The van der Waals surface area contributed by atoms with Crippen LogP contribution < -0.4 is 5.32 Å². The van der Waals surface area contributed by atoms with Crippen molar-refractivity contribution < 1.29 is 4.74 Å². The summed E-state index contributed by atoms with van der Waals surface area (Å²) in [5, 5.41) is 3.19. The number of pyridine rings is 1. The Labute approximate surface area is 113 Å². The lowest BCUT2D eigenvalue weighted by atomic mass is 10.2. The van der Waals surface area contributed by atoms with E-state index in [9.17, 15) is 0 Å². The summed E-state index contributed by atoms with van der Waals surface area (Å²) in [5.74, 6) is 1.41. The Morgan fingerprint density at radius 2 is 2.11 bits per heavy atom. The van der Waals surface area contributed by atoms with Crippen LogP contribution in [0.2, 0.25) is 0 Å². The maximum Gasteiger partial charge on any atom is 0.180 e. The summed E-state index contributed by atoms with van der Waals surface area (Å²) in [7, 11) is 1.65. The number of rotatable bonds is 5. The van der Waals surface area contributed by atoms with Gasteiger partial charge in [-0.05, 0) is 25.5 Å². The lowest BCUT2D eigenvalue weighted by molar-refractivity contribution is 0.181. The second-order valence-corrected chi connectivity index (χ2v) is 4.25. The van der Waals surface area contributed by atoms with E-state index in [4.69, 9.17) is 4.74 Å². The van der Waals surface area contributed by atoms with Gasteiger partial charge in [0.2, 0.25) is 0 Å². The van der Waals surface area contributed by atoms with Crippen molar-refractivity contribution in [3.8, 4) is 11.5 Å². The maximum absolute atomic E-state index is 5.13. The predicted octanol–water partition coefficient (Wildman–Crippen LogP) is 2.43. The second kappa shape index (κ2) is 6.24. The summed E-state index contributed by atoms with van der Waals surface area (Å²) < 4.78 is 5.13. The van der Waals surface area contributed by atoms with Crippen LogP contribution in [0.4, 0.5) is 5.82 Å². The van der Waals surface area contributed by atoms with Crippen LogP contribution in [0.3, 0.4) is 0 Å². The fourth-order valence-corrected chi connectivity index (χ4v) is 1.71. The predicted molar refractivity (Wildman–Crippen MR) is 74.9 cm³/mol. The van der Waals surface area contributed by atoms with E-state index in [-0.39, 0.29) is 0 Å². The Morgan fingerprint density at radius 1 is 1.26 bits per heavy atom. The van der Waals surface area contributed by atoms with Gasteiger partial charge in [-0.3, -0.25) is 4.98 Å². The fourth-order valence-electron chi connectivity index (χ4n) is 1.71.